The van der Waals surface area contributed by atoms with Gasteiger partial charge in [0.25, 0.3) is 0 Å². The van der Waals surface area contributed by atoms with Gasteiger partial charge in [-0.05, 0) is 36.1 Å². The van der Waals surface area contributed by atoms with Gasteiger partial charge in [0.2, 0.25) is 5.91 Å². The summed E-state index contributed by atoms with van der Waals surface area (Å²) in [5.41, 5.74) is 6.85. The summed E-state index contributed by atoms with van der Waals surface area (Å²) in [6.45, 7) is 6.35. The van der Waals surface area contributed by atoms with Crippen LogP contribution >= 0.6 is 0 Å². The quantitative estimate of drug-likeness (QED) is 0.815. The Balaban J connectivity index is 2.28. The highest BCUT2D eigenvalue weighted by atomic mass is 16.4. The lowest BCUT2D eigenvalue weighted by atomic mass is 9.71. The molecule has 0 bridgehead atoms. The Morgan fingerprint density at radius 1 is 1.33 bits per heavy atom. The van der Waals surface area contributed by atoms with E-state index in [4.69, 9.17) is 10.8 Å². The molecule has 1 fully saturated rings. The number of hydrogen-bond acceptors (Lipinski definition) is 3. The Morgan fingerprint density at radius 2 is 1.90 bits per heavy atom. The van der Waals surface area contributed by atoms with Crippen LogP contribution in [-0.2, 0) is 4.79 Å². The van der Waals surface area contributed by atoms with Gasteiger partial charge in [0.05, 0.1) is 11.6 Å². The molecule has 0 aromatic heterocycles. The van der Waals surface area contributed by atoms with Crippen LogP contribution in [0.2, 0.25) is 0 Å². The van der Waals surface area contributed by atoms with Crippen LogP contribution in [0.3, 0.4) is 0 Å². The number of carbonyl (C=O) groups is 2. The number of β-lactam (4-membered cyclic amide) rings is 1. The normalized spacial score (nSPS) is 22.1. The number of anilines is 1. The third-order valence-corrected chi connectivity index (χ3v) is 4.23. The zero-order valence-corrected chi connectivity index (χ0v) is 12.7. The molecule has 5 heteroatoms. The molecule has 3 N–H and O–H groups in total. The van der Waals surface area contributed by atoms with Gasteiger partial charge in [0.15, 0.2) is 0 Å². The first-order chi connectivity index (χ1) is 9.79. The number of carboxylic acid groups (broad SMARTS) is 1. The van der Waals surface area contributed by atoms with Crippen molar-refractivity contribution < 1.29 is 14.7 Å². The number of nitrogens with two attached hydrogens (primary N) is 1. The van der Waals surface area contributed by atoms with E-state index < -0.39 is 12.0 Å². The lowest BCUT2D eigenvalue weighted by molar-refractivity contribution is -0.128. The number of hydrogen-bond donors (Lipinski definition) is 2. The van der Waals surface area contributed by atoms with Crippen molar-refractivity contribution in [1.82, 2.24) is 0 Å². The van der Waals surface area contributed by atoms with Crippen LogP contribution in [0.4, 0.5) is 5.69 Å². The number of rotatable bonds is 5. The molecule has 0 saturated carbocycles. The minimum atomic E-state index is -0.976. The molecule has 0 aliphatic carbocycles. The second kappa shape index (κ2) is 5.48. The summed E-state index contributed by atoms with van der Waals surface area (Å²) in [7, 11) is 0. The van der Waals surface area contributed by atoms with E-state index in [0.29, 0.717) is 5.69 Å². The Labute approximate surface area is 124 Å². The maximum Gasteiger partial charge on any atom is 0.335 e. The zero-order valence-electron chi connectivity index (χ0n) is 12.7. The van der Waals surface area contributed by atoms with E-state index in [-0.39, 0.29) is 22.9 Å². The predicted molar refractivity (Wildman–Crippen MR) is 81.3 cm³/mol. The number of carbonyl (C=O) groups excluding carboxylic acids is 1. The fraction of sp³-hybridized carbons (Fsp3) is 0.500. The van der Waals surface area contributed by atoms with E-state index >= 15 is 0 Å². The van der Waals surface area contributed by atoms with Gasteiger partial charge in [-0.2, -0.15) is 0 Å². The second-order valence-electron chi connectivity index (χ2n) is 6.27. The van der Waals surface area contributed by atoms with Crippen molar-refractivity contribution in [2.75, 3.05) is 4.90 Å². The number of amides is 1. The number of aromatic carboxylic acids is 1. The second-order valence-corrected chi connectivity index (χ2v) is 6.27. The summed E-state index contributed by atoms with van der Waals surface area (Å²) < 4.78 is 0. The van der Waals surface area contributed by atoms with Crippen LogP contribution in [0.1, 0.15) is 44.0 Å². The smallest absolute Gasteiger partial charge is 0.335 e. The number of carboxylic acids is 1. The van der Waals surface area contributed by atoms with Crippen LogP contribution in [0.15, 0.2) is 24.3 Å². The topological polar surface area (TPSA) is 83.6 Å². The fourth-order valence-electron chi connectivity index (χ4n) is 3.19. The van der Waals surface area contributed by atoms with Crippen LogP contribution in [0, 0.1) is 5.41 Å². The van der Waals surface area contributed by atoms with E-state index in [1.54, 1.807) is 17.0 Å². The van der Waals surface area contributed by atoms with Crippen LogP contribution in [0.5, 0.6) is 0 Å². The van der Waals surface area contributed by atoms with Crippen molar-refractivity contribution in [2.45, 2.75) is 45.7 Å². The van der Waals surface area contributed by atoms with Crippen molar-refractivity contribution >= 4 is 17.6 Å². The highest BCUT2D eigenvalue weighted by molar-refractivity contribution is 6.05. The molecule has 5 nitrogen and oxygen atoms in total. The molecular weight excluding hydrogens is 268 g/mol. The van der Waals surface area contributed by atoms with Crippen molar-refractivity contribution in [3.63, 3.8) is 0 Å². The molecular formula is C16H22N2O3. The minimum absolute atomic E-state index is 0.0550. The van der Waals surface area contributed by atoms with Gasteiger partial charge in [0.1, 0.15) is 6.04 Å². The molecule has 1 aromatic carbocycles. The van der Waals surface area contributed by atoms with Gasteiger partial charge in [0, 0.05) is 5.69 Å². The molecule has 1 saturated heterocycles. The highest BCUT2D eigenvalue weighted by Gasteiger charge is 2.52. The van der Waals surface area contributed by atoms with E-state index in [2.05, 4.69) is 20.8 Å². The molecule has 0 spiro atoms. The molecule has 0 radical (unpaired) electrons. The monoisotopic (exact) mass is 290 g/mol. The van der Waals surface area contributed by atoms with Crippen molar-refractivity contribution in [1.29, 1.82) is 0 Å². The van der Waals surface area contributed by atoms with Gasteiger partial charge < -0.3 is 15.7 Å². The van der Waals surface area contributed by atoms with Gasteiger partial charge in [-0.15, -0.1) is 0 Å². The minimum Gasteiger partial charge on any atom is -0.478 e. The summed E-state index contributed by atoms with van der Waals surface area (Å²) >= 11 is 0. The van der Waals surface area contributed by atoms with E-state index in [9.17, 15) is 9.59 Å². The van der Waals surface area contributed by atoms with Crippen molar-refractivity contribution in [3.05, 3.63) is 29.8 Å². The Morgan fingerprint density at radius 3 is 2.38 bits per heavy atom. The molecule has 1 heterocycles. The third kappa shape index (κ3) is 2.65. The van der Waals surface area contributed by atoms with Crippen molar-refractivity contribution in [3.8, 4) is 0 Å². The standard InChI is InChI=1S/C16H22N2O3/c1-4-9-16(2,3)13-12(17)14(19)18(13)11-7-5-10(6-8-11)15(20)21/h5-8,12-13H,4,9,17H2,1-3H3,(H,20,21). The lowest BCUT2D eigenvalue weighted by Gasteiger charge is -2.53. The number of nitrogens with zero attached hydrogens (tertiary/aromatic N) is 1. The molecule has 1 amide bonds. The number of benzene rings is 1. The Hall–Kier alpha value is -1.88. The first-order valence-corrected chi connectivity index (χ1v) is 7.21. The summed E-state index contributed by atoms with van der Waals surface area (Å²) in [5, 5.41) is 8.93. The summed E-state index contributed by atoms with van der Waals surface area (Å²) in [6.07, 6.45) is 2.00. The van der Waals surface area contributed by atoms with Gasteiger partial charge in [-0.1, -0.05) is 27.2 Å². The van der Waals surface area contributed by atoms with Gasteiger partial charge in [-0.25, -0.2) is 4.79 Å². The summed E-state index contributed by atoms with van der Waals surface area (Å²) in [4.78, 5) is 24.7. The van der Waals surface area contributed by atoms with Crippen molar-refractivity contribution in [2.24, 2.45) is 11.1 Å². The van der Waals surface area contributed by atoms with Gasteiger partial charge in [-0.3, -0.25) is 4.79 Å². The molecule has 1 aliphatic rings. The first-order valence-electron chi connectivity index (χ1n) is 7.21. The van der Waals surface area contributed by atoms with E-state index in [1.165, 1.54) is 12.1 Å². The molecule has 2 atom stereocenters. The lowest BCUT2D eigenvalue weighted by Crippen LogP contribution is -2.73. The van der Waals surface area contributed by atoms with Gasteiger partial charge >= 0.3 is 5.97 Å². The molecule has 21 heavy (non-hydrogen) atoms. The first kappa shape index (κ1) is 15.5. The maximum atomic E-state index is 12.1. The molecule has 2 rings (SSSR count). The Bertz CT molecular complexity index is 551. The molecule has 1 aliphatic heterocycles. The SMILES string of the molecule is CCCC(C)(C)C1C(N)C(=O)N1c1ccc(C(=O)O)cc1. The maximum absolute atomic E-state index is 12.1. The molecule has 114 valence electrons. The fourth-order valence-corrected chi connectivity index (χ4v) is 3.19. The van der Waals surface area contributed by atoms with Crippen LogP contribution < -0.4 is 10.6 Å². The van der Waals surface area contributed by atoms with E-state index in [1.807, 2.05) is 0 Å². The average Bonchev–Trinajstić information content (AvgIpc) is 2.43. The van der Waals surface area contributed by atoms with Crippen LogP contribution in [-0.4, -0.2) is 29.1 Å². The summed E-state index contributed by atoms with van der Waals surface area (Å²) in [5.74, 6) is -1.08. The van der Waals surface area contributed by atoms with Crippen LogP contribution in [0.25, 0.3) is 0 Å². The summed E-state index contributed by atoms with van der Waals surface area (Å²) in [6, 6.07) is 5.83. The average molecular weight is 290 g/mol. The largest absolute Gasteiger partial charge is 0.478 e. The Kier molecular flexibility index (Phi) is 4.05. The highest BCUT2D eigenvalue weighted by Crippen LogP contribution is 2.40. The zero-order chi connectivity index (χ0) is 15.8. The van der Waals surface area contributed by atoms with E-state index in [0.717, 1.165) is 12.8 Å². The molecule has 1 aromatic rings. The predicted octanol–water partition coefficient (Wildman–Crippen LogP) is 2.25. The third-order valence-electron chi connectivity index (χ3n) is 4.23. The molecule has 2 unspecified atom stereocenters.